The van der Waals surface area contributed by atoms with E-state index in [1.54, 1.807) is 0 Å². The van der Waals surface area contributed by atoms with Crippen LogP contribution in [0.2, 0.25) is 0 Å². The molecule has 0 aromatic heterocycles. The minimum absolute atomic E-state index is 0.246. The average molecular weight is 454 g/mol. The fraction of sp³-hybridized carbons (Fsp3) is 0.882. The average Bonchev–Trinajstić information content (AvgIpc) is 2.51. The monoisotopic (exact) mass is 454 g/mol. The summed E-state index contributed by atoms with van der Waals surface area (Å²) in [6, 6.07) is 0. The molecule has 29 heavy (non-hydrogen) atoms. The first-order valence-corrected chi connectivity index (χ1v) is 10.6. The Morgan fingerprint density at radius 2 is 1.90 bits per heavy atom. The van der Waals surface area contributed by atoms with Gasteiger partial charge in [0, 0.05) is 18.4 Å². The fourth-order valence-corrected chi connectivity index (χ4v) is 4.29. The Hall–Kier alpha value is -0.850. The Kier molecular flexibility index (Phi) is 7.03. The molecule has 2 atom stereocenters. The van der Waals surface area contributed by atoms with Crippen LogP contribution in [-0.4, -0.2) is 43.7 Å². The number of allylic oxidation sites excluding steroid dienone is 1. The van der Waals surface area contributed by atoms with Gasteiger partial charge in [0.25, 0.3) is 0 Å². The van der Waals surface area contributed by atoms with Crippen molar-refractivity contribution in [3.63, 3.8) is 0 Å². The van der Waals surface area contributed by atoms with Crippen molar-refractivity contribution in [3.8, 4) is 0 Å². The molecule has 1 fully saturated rings. The van der Waals surface area contributed by atoms with Gasteiger partial charge in [-0.25, -0.2) is 4.74 Å². The van der Waals surface area contributed by atoms with Crippen LogP contribution in [0.15, 0.2) is 11.6 Å². The quantitative estimate of drug-likeness (QED) is 0.218. The number of ether oxygens (including phenoxy) is 2. The summed E-state index contributed by atoms with van der Waals surface area (Å²) in [6.07, 6.45) is -5.38. The summed E-state index contributed by atoms with van der Waals surface area (Å²) in [6.45, 7) is 1.99. The number of hydrogen-bond donors (Lipinski definition) is 1. The molecular formula is C17H24F6O5S. The standard InChI is InChI=1S/C17H24F6O5S/c1-14(9-12-4-2-5-13(8-12)10-14)11-27-7-3-6-15(18,19)28-16(20,21)17(22,23)29(24,25)26/h9,13H,2-8,10-11H2,1H3,(H,24,25,26). The smallest absolute Gasteiger partial charge is 0.381 e. The Morgan fingerprint density at radius 1 is 1.24 bits per heavy atom. The van der Waals surface area contributed by atoms with Crippen LogP contribution in [0.25, 0.3) is 0 Å². The molecule has 0 spiro atoms. The van der Waals surface area contributed by atoms with Crippen LogP contribution in [0.1, 0.15) is 51.9 Å². The summed E-state index contributed by atoms with van der Waals surface area (Å²) in [7, 11) is -6.66. The fourth-order valence-electron chi connectivity index (χ4n) is 3.94. The minimum Gasteiger partial charge on any atom is -0.381 e. The number of rotatable bonds is 10. The second-order valence-electron chi connectivity index (χ2n) is 8.03. The van der Waals surface area contributed by atoms with Gasteiger partial charge in [-0.05, 0) is 44.4 Å². The van der Waals surface area contributed by atoms with Crippen LogP contribution in [0.4, 0.5) is 26.3 Å². The molecule has 0 saturated heterocycles. The van der Waals surface area contributed by atoms with Crippen LogP contribution in [-0.2, 0) is 19.6 Å². The normalized spacial score (nSPS) is 26.3. The lowest BCUT2D eigenvalue weighted by atomic mass is 9.68. The van der Waals surface area contributed by atoms with Crippen LogP contribution in [0.3, 0.4) is 0 Å². The number of hydrogen-bond acceptors (Lipinski definition) is 4. The predicted molar refractivity (Wildman–Crippen MR) is 90.3 cm³/mol. The summed E-state index contributed by atoms with van der Waals surface area (Å²) in [5.41, 5.74) is 1.10. The summed E-state index contributed by atoms with van der Waals surface area (Å²) < 4.78 is 116. The van der Waals surface area contributed by atoms with Gasteiger partial charge in [0.05, 0.1) is 6.61 Å². The third kappa shape index (κ3) is 6.08. The molecule has 0 aliphatic heterocycles. The van der Waals surface area contributed by atoms with Gasteiger partial charge in [-0.2, -0.15) is 34.8 Å². The van der Waals surface area contributed by atoms with E-state index < -0.39 is 40.4 Å². The van der Waals surface area contributed by atoms with E-state index in [1.807, 2.05) is 6.92 Å². The molecule has 0 heterocycles. The lowest BCUT2D eigenvalue weighted by Crippen LogP contribution is -2.51. The summed E-state index contributed by atoms with van der Waals surface area (Å²) in [5, 5.41) is -6.22. The van der Waals surface area contributed by atoms with E-state index >= 15 is 0 Å². The molecule has 2 aliphatic rings. The molecule has 2 rings (SSSR count). The SMILES string of the molecule is CC1(COCCCC(F)(F)OC(F)(F)C(F)(F)S(=O)(=O)O)C=C2CCCC(C2)C1. The Bertz CT molecular complexity index is 724. The van der Waals surface area contributed by atoms with Gasteiger partial charge in [-0.3, -0.25) is 4.55 Å². The van der Waals surface area contributed by atoms with Crippen molar-refractivity contribution in [2.45, 2.75) is 69.3 Å². The maximum Gasteiger partial charge on any atom is 0.460 e. The third-order valence-electron chi connectivity index (χ3n) is 5.10. The zero-order valence-corrected chi connectivity index (χ0v) is 16.6. The molecule has 2 unspecified atom stereocenters. The topological polar surface area (TPSA) is 72.8 Å². The molecule has 0 aromatic carbocycles. The second-order valence-corrected chi connectivity index (χ2v) is 9.49. The van der Waals surface area contributed by atoms with Crippen molar-refractivity contribution in [1.82, 2.24) is 0 Å². The van der Waals surface area contributed by atoms with Crippen molar-refractivity contribution in [1.29, 1.82) is 0 Å². The van der Waals surface area contributed by atoms with Gasteiger partial charge in [-0.15, -0.1) is 0 Å². The van der Waals surface area contributed by atoms with Crippen LogP contribution >= 0.6 is 0 Å². The van der Waals surface area contributed by atoms with E-state index in [0.29, 0.717) is 5.92 Å². The molecule has 0 radical (unpaired) electrons. The highest BCUT2D eigenvalue weighted by Crippen LogP contribution is 2.45. The molecule has 1 saturated carbocycles. The Labute approximate surface area is 165 Å². The van der Waals surface area contributed by atoms with Gasteiger partial charge >= 0.3 is 27.6 Å². The molecule has 170 valence electrons. The first kappa shape index (κ1) is 24.4. The summed E-state index contributed by atoms with van der Waals surface area (Å²) in [4.78, 5) is 0. The van der Waals surface area contributed by atoms with E-state index in [4.69, 9.17) is 9.29 Å². The summed E-state index contributed by atoms with van der Waals surface area (Å²) in [5.74, 6) is 0.557. The van der Waals surface area contributed by atoms with E-state index in [9.17, 15) is 34.8 Å². The van der Waals surface area contributed by atoms with Crippen LogP contribution in [0.5, 0.6) is 0 Å². The van der Waals surface area contributed by atoms with Gasteiger partial charge in [0.15, 0.2) is 0 Å². The molecule has 12 heteroatoms. The lowest BCUT2D eigenvalue weighted by Gasteiger charge is -2.39. The minimum atomic E-state index is -6.66. The van der Waals surface area contributed by atoms with Crippen molar-refractivity contribution >= 4 is 10.1 Å². The van der Waals surface area contributed by atoms with Gasteiger partial charge in [0.1, 0.15) is 0 Å². The molecule has 0 amide bonds. The van der Waals surface area contributed by atoms with E-state index in [1.165, 1.54) is 5.57 Å². The highest BCUT2D eigenvalue weighted by molar-refractivity contribution is 7.86. The van der Waals surface area contributed by atoms with E-state index in [0.717, 1.165) is 32.1 Å². The van der Waals surface area contributed by atoms with Gasteiger partial charge in [-0.1, -0.05) is 18.6 Å². The second kappa shape index (κ2) is 8.35. The number of halogens is 6. The summed E-state index contributed by atoms with van der Waals surface area (Å²) >= 11 is 0. The maximum absolute atomic E-state index is 13.5. The first-order chi connectivity index (χ1) is 13.1. The Balaban J connectivity index is 1.81. The van der Waals surface area contributed by atoms with Crippen LogP contribution in [0, 0.1) is 11.3 Å². The van der Waals surface area contributed by atoms with E-state index in [2.05, 4.69) is 10.8 Å². The lowest BCUT2D eigenvalue weighted by molar-refractivity contribution is -0.415. The van der Waals surface area contributed by atoms with Crippen molar-refractivity contribution in [2.75, 3.05) is 13.2 Å². The molecule has 0 aromatic rings. The molecule has 5 nitrogen and oxygen atoms in total. The van der Waals surface area contributed by atoms with Crippen molar-refractivity contribution in [3.05, 3.63) is 11.6 Å². The van der Waals surface area contributed by atoms with Crippen LogP contribution < -0.4 is 0 Å². The largest absolute Gasteiger partial charge is 0.460 e. The maximum atomic E-state index is 13.5. The molecule has 2 bridgehead atoms. The predicted octanol–water partition coefficient (Wildman–Crippen LogP) is 4.99. The van der Waals surface area contributed by atoms with Gasteiger partial charge in [0.2, 0.25) is 0 Å². The molecule has 1 N–H and O–H groups in total. The zero-order valence-electron chi connectivity index (χ0n) is 15.8. The molecule has 2 aliphatic carbocycles. The highest BCUT2D eigenvalue weighted by Gasteiger charge is 2.70. The van der Waals surface area contributed by atoms with Crippen molar-refractivity contribution < 1.29 is 48.8 Å². The number of fused-ring (bicyclic) bond motifs is 2. The van der Waals surface area contributed by atoms with E-state index in [-0.39, 0.29) is 18.6 Å². The highest BCUT2D eigenvalue weighted by atomic mass is 32.2. The Morgan fingerprint density at radius 3 is 2.48 bits per heavy atom. The zero-order chi connectivity index (χ0) is 22.1. The van der Waals surface area contributed by atoms with Gasteiger partial charge < -0.3 is 4.74 Å². The first-order valence-electron chi connectivity index (χ1n) is 9.16. The third-order valence-corrected chi connectivity index (χ3v) is 5.98. The van der Waals surface area contributed by atoms with Crippen molar-refractivity contribution in [2.24, 2.45) is 11.3 Å². The number of alkyl halides is 6. The molecular weight excluding hydrogens is 430 g/mol.